The lowest BCUT2D eigenvalue weighted by Gasteiger charge is -2.13. The molecule has 0 aliphatic carbocycles. The predicted octanol–water partition coefficient (Wildman–Crippen LogP) is 0.921. The van der Waals surface area contributed by atoms with Crippen LogP contribution in [0.15, 0.2) is 24.3 Å². The number of hydrogen-bond donors (Lipinski definition) is 1. The number of nitrogens with zero attached hydrogens (tertiary/aromatic N) is 5. The molecule has 1 aromatic heterocycles. The molecular formula is C15H18N6O2. The van der Waals surface area contributed by atoms with Crippen molar-refractivity contribution in [3.8, 4) is 11.4 Å². The summed E-state index contributed by atoms with van der Waals surface area (Å²) in [5.74, 6) is 0.350. The summed E-state index contributed by atoms with van der Waals surface area (Å²) < 4.78 is 0. The quantitative estimate of drug-likeness (QED) is 0.906. The molecule has 1 aliphatic heterocycles. The van der Waals surface area contributed by atoms with Gasteiger partial charge < -0.3 is 10.2 Å². The average Bonchev–Trinajstić information content (AvgIpc) is 3.18. The first kappa shape index (κ1) is 15.1. The molecule has 1 aliphatic rings. The Labute approximate surface area is 133 Å². The first-order chi connectivity index (χ1) is 11.1. The average molecular weight is 314 g/mol. The van der Waals surface area contributed by atoms with Gasteiger partial charge in [0, 0.05) is 31.3 Å². The van der Waals surface area contributed by atoms with Gasteiger partial charge in [-0.3, -0.25) is 9.59 Å². The van der Waals surface area contributed by atoms with Crippen LogP contribution >= 0.6 is 0 Å². The minimum absolute atomic E-state index is 0.0208. The number of anilines is 1. The summed E-state index contributed by atoms with van der Waals surface area (Å²) in [7, 11) is 0. The van der Waals surface area contributed by atoms with Crippen molar-refractivity contribution < 1.29 is 9.59 Å². The van der Waals surface area contributed by atoms with Crippen LogP contribution in [0.5, 0.6) is 0 Å². The fourth-order valence-corrected chi connectivity index (χ4v) is 2.52. The summed E-state index contributed by atoms with van der Waals surface area (Å²) in [6.45, 7) is 3.19. The Balaban J connectivity index is 1.66. The van der Waals surface area contributed by atoms with Gasteiger partial charge in [-0.05, 0) is 42.3 Å². The van der Waals surface area contributed by atoms with Crippen molar-refractivity contribution in [2.75, 3.05) is 18.4 Å². The SMILES string of the molecule is CC(=O)Nc1ccc(-c2nnn(CC(=O)N3CCCC3)n2)cc1. The number of amides is 2. The Hall–Kier alpha value is -2.77. The Morgan fingerprint density at radius 3 is 2.52 bits per heavy atom. The lowest BCUT2D eigenvalue weighted by molar-refractivity contribution is -0.131. The van der Waals surface area contributed by atoms with E-state index in [0.717, 1.165) is 31.5 Å². The van der Waals surface area contributed by atoms with Crippen LogP contribution in [0.1, 0.15) is 19.8 Å². The van der Waals surface area contributed by atoms with Gasteiger partial charge in [0.2, 0.25) is 17.6 Å². The van der Waals surface area contributed by atoms with E-state index in [4.69, 9.17) is 0 Å². The molecule has 0 bridgehead atoms. The molecule has 1 fully saturated rings. The highest BCUT2D eigenvalue weighted by molar-refractivity contribution is 5.88. The fraction of sp³-hybridized carbons (Fsp3) is 0.400. The second kappa shape index (κ2) is 6.55. The number of likely N-dealkylation sites (tertiary alicyclic amines) is 1. The smallest absolute Gasteiger partial charge is 0.246 e. The molecule has 120 valence electrons. The lowest BCUT2D eigenvalue weighted by atomic mass is 10.2. The normalized spacial score (nSPS) is 14.0. The van der Waals surface area contributed by atoms with Crippen LogP contribution < -0.4 is 5.32 Å². The molecule has 0 radical (unpaired) electrons. The van der Waals surface area contributed by atoms with Crippen molar-refractivity contribution in [3.63, 3.8) is 0 Å². The summed E-state index contributed by atoms with van der Waals surface area (Å²) in [6, 6.07) is 7.14. The maximum absolute atomic E-state index is 12.1. The number of aromatic nitrogens is 4. The molecule has 0 unspecified atom stereocenters. The molecule has 0 saturated carbocycles. The summed E-state index contributed by atoms with van der Waals surface area (Å²) in [6.07, 6.45) is 2.12. The zero-order valence-corrected chi connectivity index (χ0v) is 12.9. The topological polar surface area (TPSA) is 93.0 Å². The third kappa shape index (κ3) is 3.71. The molecule has 0 spiro atoms. The molecule has 2 heterocycles. The minimum atomic E-state index is -0.123. The number of nitrogens with one attached hydrogen (secondary N) is 1. The van der Waals surface area contributed by atoms with Gasteiger partial charge in [0.15, 0.2) is 0 Å². The molecule has 8 nitrogen and oxygen atoms in total. The maximum atomic E-state index is 12.1. The van der Waals surface area contributed by atoms with Crippen LogP contribution in [0.3, 0.4) is 0 Å². The number of benzene rings is 1. The number of carbonyl (C=O) groups excluding carboxylic acids is 2. The summed E-state index contributed by atoms with van der Waals surface area (Å²) >= 11 is 0. The minimum Gasteiger partial charge on any atom is -0.341 e. The van der Waals surface area contributed by atoms with E-state index in [9.17, 15) is 9.59 Å². The standard InChI is InChI=1S/C15H18N6O2/c1-11(22)16-13-6-4-12(5-7-13)15-17-19-21(18-15)10-14(23)20-8-2-3-9-20/h4-7H,2-3,8-10H2,1H3,(H,16,22). The second-order valence-corrected chi connectivity index (χ2v) is 5.49. The van der Waals surface area contributed by atoms with Gasteiger partial charge in [-0.15, -0.1) is 10.2 Å². The van der Waals surface area contributed by atoms with Crippen LogP contribution in [-0.2, 0) is 16.1 Å². The Kier molecular flexibility index (Phi) is 4.31. The van der Waals surface area contributed by atoms with Crippen molar-refractivity contribution in [1.82, 2.24) is 25.1 Å². The van der Waals surface area contributed by atoms with E-state index >= 15 is 0 Å². The van der Waals surface area contributed by atoms with E-state index < -0.39 is 0 Å². The molecule has 2 amide bonds. The molecule has 1 aromatic carbocycles. The van der Waals surface area contributed by atoms with E-state index in [2.05, 4.69) is 20.7 Å². The van der Waals surface area contributed by atoms with Gasteiger partial charge in [-0.1, -0.05) is 0 Å². The third-order valence-corrected chi connectivity index (χ3v) is 3.65. The highest BCUT2D eigenvalue weighted by atomic mass is 16.2. The Bertz CT molecular complexity index is 703. The van der Waals surface area contributed by atoms with E-state index in [0.29, 0.717) is 11.5 Å². The molecule has 23 heavy (non-hydrogen) atoms. The number of carbonyl (C=O) groups is 2. The van der Waals surface area contributed by atoms with Gasteiger partial charge in [0.05, 0.1) is 0 Å². The number of rotatable bonds is 4. The molecule has 1 saturated heterocycles. The molecular weight excluding hydrogens is 296 g/mol. The largest absolute Gasteiger partial charge is 0.341 e. The first-order valence-corrected chi connectivity index (χ1v) is 7.55. The zero-order valence-electron chi connectivity index (χ0n) is 12.9. The van der Waals surface area contributed by atoms with Crippen LogP contribution in [0.4, 0.5) is 5.69 Å². The van der Waals surface area contributed by atoms with Gasteiger partial charge in [-0.2, -0.15) is 4.80 Å². The van der Waals surface area contributed by atoms with Crippen LogP contribution in [0.25, 0.3) is 11.4 Å². The first-order valence-electron chi connectivity index (χ1n) is 7.55. The monoisotopic (exact) mass is 314 g/mol. The summed E-state index contributed by atoms with van der Waals surface area (Å²) in [5, 5.41) is 14.9. The predicted molar refractivity (Wildman–Crippen MR) is 83.4 cm³/mol. The van der Waals surface area contributed by atoms with E-state index in [1.54, 1.807) is 24.3 Å². The molecule has 0 atom stereocenters. The second-order valence-electron chi connectivity index (χ2n) is 5.49. The van der Waals surface area contributed by atoms with Crippen molar-refractivity contribution in [2.24, 2.45) is 0 Å². The van der Waals surface area contributed by atoms with Crippen molar-refractivity contribution in [1.29, 1.82) is 0 Å². The molecule has 8 heteroatoms. The van der Waals surface area contributed by atoms with E-state index in [1.165, 1.54) is 11.7 Å². The van der Waals surface area contributed by atoms with E-state index in [1.807, 2.05) is 4.90 Å². The molecule has 3 rings (SSSR count). The number of hydrogen-bond acceptors (Lipinski definition) is 5. The van der Waals surface area contributed by atoms with E-state index in [-0.39, 0.29) is 18.4 Å². The van der Waals surface area contributed by atoms with Crippen LogP contribution in [0.2, 0.25) is 0 Å². The maximum Gasteiger partial charge on any atom is 0.246 e. The summed E-state index contributed by atoms with van der Waals surface area (Å²) in [5.41, 5.74) is 1.48. The van der Waals surface area contributed by atoms with Crippen molar-refractivity contribution in [3.05, 3.63) is 24.3 Å². The zero-order chi connectivity index (χ0) is 16.2. The number of tetrazole rings is 1. The lowest BCUT2D eigenvalue weighted by Crippen LogP contribution is -2.31. The van der Waals surface area contributed by atoms with Gasteiger partial charge in [0.25, 0.3) is 0 Å². The van der Waals surface area contributed by atoms with Crippen LogP contribution in [0, 0.1) is 0 Å². The highest BCUT2D eigenvalue weighted by Gasteiger charge is 2.19. The molecule has 2 aromatic rings. The van der Waals surface area contributed by atoms with Gasteiger partial charge in [0.1, 0.15) is 6.54 Å². The molecule has 1 N–H and O–H groups in total. The Morgan fingerprint density at radius 1 is 1.17 bits per heavy atom. The summed E-state index contributed by atoms with van der Waals surface area (Å²) in [4.78, 5) is 26.2. The third-order valence-electron chi connectivity index (χ3n) is 3.65. The van der Waals surface area contributed by atoms with Gasteiger partial charge in [-0.25, -0.2) is 0 Å². The van der Waals surface area contributed by atoms with Crippen LogP contribution in [-0.4, -0.2) is 50.0 Å². The Morgan fingerprint density at radius 2 is 1.87 bits per heavy atom. The van der Waals surface area contributed by atoms with Crippen molar-refractivity contribution >= 4 is 17.5 Å². The fourth-order valence-electron chi connectivity index (χ4n) is 2.52. The van der Waals surface area contributed by atoms with Gasteiger partial charge >= 0.3 is 0 Å². The highest BCUT2D eigenvalue weighted by Crippen LogP contribution is 2.17. The van der Waals surface area contributed by atoms with Crippen molar-refractivity contribution in [2.45, 2.75) is 26.3 Å².